The lowest BCUT2D eigenvalue weighted by molar-refractivity contribution is 0.181. The van der Waals surface area contributed by atoms with Crippen molar-refractivity contribution in [1.82, 2.24) is 4.98 Å². The monoisotopic (exact) mass is 251 g/mol. The Bertz CT molecular complexity index is 507. The van der Waals surface area contributed by atoms with Crippen LogP contribution < -0.4 is 0 Å². The van der Waals surface area contributed by atoms with Gasteiger partial charge in [-0.1, -0.05) is 12.1 Å². The zero-order valence-corrected chi connectivity index (χ0v) is 10.6. The number of aromatic nitrogens is 1. The minimum atomic E-state index is -0.563. The summed E-state index contributed by atoms with van der Waals surface area (Å²) in [5.74, 6) is -0.256. The van der Waals surface area contributed by atoms with E-state index in [2.05, 4.69) is 4.98 Å². The number of thiazole rings is 1. The van der Waals surface area contributed by atoms with Crippen LogP contribution >= 0.6 is 11.3 Å². The van der Waals surface area contributed by atoms with Gasteiger partial charge in [0.25, 0.3) is 0 Å². The van der Waals surface area contributed by atoms with E-state index in [4.69, 9.17) is 0 Å². The Morgan fingerprint density at radius 2 is 1.94 bits per heavy atom. The average molecular weight is 251 g/mol. The predicted octanol–water partition coefficient (Wildman–Crippen LogP) is 3.18. The predicted molar refractivity (Wildman–Crippen MR) is 66.7 cm³/mol. The molecule has 0 saturated heterocycles. The summed E-state index contributed by atoms with van der Waals surface area (Å²) in [6, 6.07) is 6.21. The smallest absolute Gasteiger partial charge is 0.123 e. The lowest BCUT2D eigenvalue weighted by Gasteiger charge is -2.09. The van der Waals surface area contributed by atoms with E-state index >= 15 is 0 Å². The van der Waals surface area contributed by atoms with Gasteiger partial charge in [0, 0.05) is 6.42 Å². The average Bonchev–Trinajstić information content (AvgIpc) is 2.61. The first-order chi connectivity index (χ1) is 8.06. The Morgan fingerprint density at radius 1 is 1.29 bits per heavy atom. The van der Waals surface area contributed by atoms with Gasteiger partial charge in [-0.3, -0.25) is 0 Å². The SMILES string of the molecule is Cc1nc(C)c(C(O)Cc2ccc(F)cc2)s1. The summed E-state index contributed by atoms with van der Waals surface area (Å²) in [6.45, 7) is 3.82. The maximum absolute atomic E-state index is 12.7. The number of aryl methyl sites for hydroxylation is 2. The van der Waals surface area contributed by atoms with E-state index in [0.717, 1.165) is 21.1 Å². The molecule has 1 N–H and O–H groups in total. The highest BCUT2D eigenvalue weighted by atomic mass is 32.1. The zero-order valence-electron chi connectivity index (χ0n) is 9.77. The van der Waals surface area contributed by atoms with Crippen molar-refractivity contribution in [3.8, 4) is 0 Å². The van der Waals surface area contributed by atoms with Crippen LogP contribution in [0.25, 0.3) is 0 Å². The van der Waals surface area contributed by atoms with E-state index in [1.807, 2.05) is 13.8 Å². The van der Waals surface area contributed by atoms with Crippen molar-refractivity contribution in [1.29, 1.82) is 0 Å². The maximum atomic E-state index is 12.7. The molecular formula is C13H14FNOS. The molecule has 0 bridgehead atoms. The summed E-state index contributed by atoms with van der Waals surface area (Å²) in [4.78, 5) is 5.18. The lowest BCUT2D eigenvalue weighted by Crippen LogP contribution is -2.01. The van der Waals surface area contributed by atoms with E-state index in [0.29, 0.717) is 6.42 Å². The minimum absolute atomic E-state index is 0.256. The van der Waals surface area contributed by atoms with Gasteiger partial charge in [0.15, 0.2) is 0 Å². The Labute approximate surface area is 104 Å². The van der Waals surface area contributed by atoms with E-state index < -0.39 is 6.10 Å². The number of halogens is 1. The number of hydrogen-bond donors (Lipinski definition) is 1. The van der Waals surface area contributed by atoms with Gasteiger partial charge in [-0.25, -0.2) is 9.37 Å². The van der Waals surface area contributed by atoms with Gasteiger partial charge in [0.1, 0.15) is 5.82 Å². The van der Waals surface area contributed by atoms with Crippen LogP contribution in [-0.2, 0) is 6.42 Å². The molecule has 0 aliphatic carbocycles. The van der Waals surface area contributed by atoms with Crippen LogP contribution in [0.5, 0.6) is 0 Å². The molecule has 1 unspecified atom stereocenters. The Kier molecular flexibility index (Phi) is 3.54. The van der Waals surface area contributed by atoms with E-state index in [9.17, 15) is 9.50 Å². The molecular weight excluding hydrogens is 237 g/mol. The third-order valence-corrected chi connectivity index (χ3v) is 3.76. The van der Waals surface area contributed by atoms with Crippen molar-refractivity contribution < 1.29 is 9.50 Å². The highest BCUT2D eigenvalue weighted by molar-refractivity contribution is 7.11. The quantitative estimate of drug-likeness (QED) is 0.909. The number of nitrogens with zero attached hydrogens (tertiary/aromatic N) is 1. The van der Waals surface area contributed by atoms with Gasteiger partial charge in [-0.15, -0.1) is 11.3 Å². The van der Waals surface area contributed by atoms with Gasteiger partial charge < -0.3 is 5.11 Å². The molecule has 0 radical (unpaired) electrons. The van der Waals surface area contributed by atoms with Gasteiger partial charge in [0.05, 0.1) is 21.7 Å². The molecule has 2 nitrogen and oxygen atoms in total. The van der Waals surface area contributed by atoms with Crippen molar-refractivity contribution in [2.75, 3.05) is 0 Å². The third kappa shape index (κ3) is 2.90. The molecule has 0 aliphatic rings. The Balaban J connectivity index is 2.14. The Hall–Kier alpha value is -1.26. The van der Waals surface area contributed by atoms with Crippen LogP contribution in [0.15, 0.2) is 24.3 Å². The van der Waals surface area contributed by atoms with Crippen LogP contribution in [0.1, 0.15) is 27.2 Å². The molecule has 1 atom stereocenters. The molecule has 0 saturated carbocycles. The first-order valence-corrected chi connectivity index (χ1v) is 6.24. The summed E-state index contributed by atoms with van der Waals surface area (Å²) in [5.41, 5.74) is 1.80. The molecule has 90 valence electrons. The molecule has 0 aliphatic heterocycles. The van der Waals surface area contributed by atoms with Crippen LogP contribution in [-0.4, -0.2) is 10.1 Å². The fraction of sp³-hybridized carbons (Fsp3) is 0.308. The van der Waals surface area contributed by atoms with Crippen LogP contribution in [0.4, 0.5) is 4.39 Å². The molecule has 1 aromatic heterocycles. The van der Waals surface area contributed by atoms with Crippen molar-refractivity contribution in [2.24, 2.45) is 0 Å². The standard InChI is InChI=1S/C13H14FNOS/c1-8-13(17-9(2)15-8)12(16)7-10-3-5-11(14)6-4-10/h3-6,12,16H,7H2,1-2H3. The first kappa shape index (κ1) is 12.2. The highest BCUT2D eigenvalue weighted by Gasteiger charge is 2.15. The van der Waals surface area contributed by atoms with E-state index in [-0.39, 0.29) is 5.82 Å². The topological polar surface area (TPSA) is 33.1 Å². The van der Waals surface area contributed by atoms with Crippen LogP contribution in [0, 0.1) is 19.7 Å². The zero-order chi connectivity index (χ0) is 12.4. The molecule has 1 heterocycles. The van der Waals surface area contributed by atoms with Gasteiger partial charge >= 0.3 is 0 Å². The molecule has 1 aromatic carbocycles. The fourth-order valence-electron chi connectivity index (χ4n) is 1.79. The number of aliphatic hydroxyl groups is 1. The molecule has 4 heteroatoms. The van der Waals surface area contributed by atoms with Crippen molar-refractivity contribution >= 4 is 11.3 Å². The third-order valence-electron chi connectivity index (χ3n) is 2.58. The normalized spacial score (nSPS) is 12.7. The van der Waals surface area contributed by atoms with Crippen molar-refractivity contribution in [2.45, 2.75) is 26.4 Å². The lowest BCUT2D eigenvalue weighted by atomic mass is 10.1. The summed E-state index contributed by atoms with van der Waals surface area (Å²) in [5, 5.41) is 11.1. The van der Waals surface area contributed by atoms with Crippen molar-refractivity contribution in [3.63, 3.8) is 0 Å². The number of benzene rings is 1. The largest absolute Gasteiger partial charge is 0.387 e. The summed E-state index contributed by atoms with van der Waals surface area (Å²) in [7, 11) is 0. The first-order valence-electron chi connectivity index (χ1n) is 5.42. The molecule has 2 aromatic rings. The molecule has 17 heavy (non-hydrogen) atoms. The summed E-state index contributed by atoms with van der Waals surface area (Å²) < 4.78 is 12.7. The van der Waals surface area contributed by atoms with Gasteiger partial charge in [-0.2, -0.15) is 0 Å². The second-order valence-corrected chi connectivity index (χ2v) is 5.26. The second-order valence-electron chi connectivity index (χ2n) is 4.03. The summed E-state index contributed by atoms with van der Waals surface area (Å²) >= 11 is 1.51. The number of rotatable bonds is 3. The van der Waals surface area contributed by atoms with Crippen LogP contribution in [0.2, 0.25) is 0 Å². The molecule has 0 spiro atoms. The van der Waals surface area contributed by atoms with E-state index in [1.54, 1.807) is 12.1 Å². The summed E-state index contributed by atoms with van der Waals surface area (Å²) in [6.07, 6.45) is -0.0744. The Morgan fingerprint density at radius 3 is 2.47 bits per heavy atom. The maximum Gasteiger partial charge on any atom is 0.123 e. The van der Waals surface area contributed by atoms with Gasteiger partial charge in [-0.05, 0) is 31.5 Å². The molecule has 0 amide bonds. The highest BCUT2D eigenvalue weighted by Crippen LogP contribution is 2.27. The number of aliphatic hydroxyl groups excluding tert-OH is 1. The number of hydrogen-bond acceptors (Lipinski definition) is 3. The second kappa shape index (κ2) is 4.94. The van der Waals surface area contributed by atoms with Crippen LogP contribution in [0.3, 0.4) is 0 Å². The minimum Gasteiger partial charge on any atom is -0.387 e. The fourth-order valence-corrected chi connectivity index (χ4v) is 2.71. The molecule has 0 fully saturated rings. The van der Waals surface area contributed by atoms with Gasteiger partial charge in [0.2, 0.25) is 0 Å². The van der Waals surface area contributed by atoms with E-state index in [1.165, 1.54) is 23.5 Å². The van der Waals surface area contributed by atoms with Crippen molar-refractivity contribution in [3.05, 3.63) is 51.2 Å². The molecule has 2 rings (SSSR count).